The Kier molecular flexibility index (Phi) is 5.52. The van der Waals surface area contributed by atoms with Gasteiger partial charge in [-0.2, -0.15) is 0 Å². The largest absolute Gasteiger partial charge is 0.352 e. The molecule has 2 N–H and O–H groups in total. The predicted octanol–water partition coefficient (Wildman–Crippen LogP) is 5.26. The molecule has 0 unspecified atom stereocenters. The Morgan fingerprint density at radius 3 is 2.45 bits per heavy atom. The van der Waals surface area contributed by atoms with E-state index in [1.807, 2.05) is 79.7 Å². The highest BCUT2D eigenvalue weighted by Crippen LogP contribution is 2.24. The molecule has 0 radical (unpaired) electrons. The lowest BCUT2D eigenvalue weighted by Gasteiger charge is -2.13. The number of anilines is 2. The second-order valence-corrected chi connectivity index (χ2v) is 7.00. The Balaban J connectivity index is 1.58. The molecule has 4 nitrogen and oxygen atoms in total. The first-order valence-corrected chi connectivity index (χ1v) is 9.75. The van der Waals surface area contributed by atoms with E-state index in [0.29, 0.717) is 17.9 Å². The molecule has 4 rings (SSSR count). The van der Waals surface area contributed by atoms with Crippen molar-refractivity contribution in [2.24, 2.45) is 0 Å². The number of fused-ring (bicyclic) bond motifs is 1. The quantitative estimate of drug-likeness (QED) is 0.479. The number of carbonyl (C=O) groups excluding carboxylic acids is 1. The minimum Gasteiger partial charge on any atom is -0.352 e. The summed E-state index contributed by atoms with van der Waals surface area (Å²) in [6.07, 6.45) is 0.796. The molecule has 3 aromatic carbocycles. The van der Waals surface area contributed by atoms with Gasteiger partial charge in [-0.3, -0.25) is 4.79 Å². The van der Waals surface area contributed by atoms with E-state index in [2.05, 4.69) is 22.8 Å². The van der Waals surface area contributed by atoms with Crippen LogP contribution in [-0.2, 0) is 6.42 Å². The van der Waals surface area contributed by atoms with Gasteiger partial charge in [-0.25, -0.2) is 4.98 Å². The minimum atomic E-state index is -0.0904. The number of amides is 1. The zero-order valence-corrected chi connectivity index (χ0v) is 16.4. The minimum absolute atomic E-state index is 0.0904. The van der Waals surface area contributed by atoms with Crippen LogP contribution in [0.5, 0.6) is 0 Å². The average molecular weight is 381 g/mol. The zero-order valence-electron chi connectivity index (χ0n) is 16.4. The number of aromatic nitrogens is 1. The molecule has 0 aliphatic heterocycles. The van der Waals surface area contributed by atoms with Crippen molar-refractivity contribution in [3.8, 4) is 0 Å². The van der Waals surface area contributed by atoms with Gasteiger partial charge in [0.05, 0.1) is 11.1 Å². The molecule has 1 aromatic heterocycles. The van der Waals surface area contributed by atoms with Gasteiger partial charge in [-0.1, -0.05) is 66.7 Å². The number of nitrogens with zero attached hydrogens (tertiary/aromatic N) is 1. The molecule has 0 aliphatic carbocycles. The highest BCUT2D eigenvalue weighted by atomic mass is 16.1. The van der Waals surface area contributed by atoms with Crippen molar-refractivity contribution in [2.45, 2.75) is 13.3 Å². The summed E-state index contributed by atoms with van der Waals surface area (Å²) >= 11 is 0. The predicted molar refractivity (Wildman–Crippen MR) is 119 cm³/mol. The summed E-state index contributed by atoms with van der Waals surface area (Å²) in [5, 5.41) is 7.25. The van der Waals surface area contributed by atoms with E-state index in [0.717, 1.165) is 28.6 Å². The monoisotopic (exact) mass is 381 g/mol. The fraction of sp³-hybridized carbons (Fsp3) is 0.120. The Bertz CT molecular complexity index is 1140. The highest BCUT2D eigenvalue weighted by Gasteiger charge is 2.13. The summed E-state index contributed by atoms with van der Waals surface area (Å²) < 4.78 is 0. The molecule has 0 fully saturated rings. The van der Waals surface area contributed by atoms with Crippen LogP contribution in [0, 0.1) is 6.92 Å². The summed E-state index contributed by atoms with van der Waals surface area (Å²) in [6.45, 7) is 2.63. The third-order valence-corrected chi connectivity index (χ3v) is 4.91. The smallest absolute Gasteiger partial charge is 0.252 e. The molecule has 0 saturated carbocycles. The van der Waals surface area contributed by atoms with Gasteiger partial charge < -0.3 is 10.6 Å². The van der Waals surface area contributed by atoms with E-state index in [9.17, 15) is 4.79 Å². The fourth-order valence-electron chi connectivity index (χ4n) is 3.34. The summed E-state index contributed by atoms with van der Waals surface area (Å²) in [4.78, 5) is 17.6. The van der Waals surface area contributed by atoms with Crippen LogP contribution in [0.1, 0.15) is 21.5 Å². The van der Waals surface area contributed by atoms with Crippen molar-refractivity contribution >= 4 is 28.3 Å². The van der Waals surface area contributed by atoms with Crippen LogP contribution in [0.4, 0.5) is 11.5 Å². The average Bonchev–Trinajstić information content (AvgIpc) is 2.75. The maximum Gasteiger partial charge on any atom is 0.252 e. The van der Waals surface area contributed by atoms with Gasteiger partial charge in [0, 0.05) is 17.6 Å². The van der Waals surface area contributed by atoms with Gasteiger partial charge in [-0.15, -0.1) is 0 Å². The van der Waals surface area contributed by atoms with Gasteiger partial charge in [0.1, 0.15) is 5.82 Å². The van der Waals surface area contributed by atoms with Crippen molar-refractivity contribution < 1.29 is 4.79 Å². The van der Waals surface area contributed by atoms with Crippen LogP contribution in [0.25, 0.3) is 10.9 Å². The van der Waals surface area contributed by atoms with Crippen molar-refractivity contribution in [3.63, 3.8) is 0 Å². The number of rotatable bonds is 6. The van der Waals surface area contributed by atoms with Crippen molar-refractivity contribution in [1.29, 1.82) is 0 Å². The van der Waals surface area contributed by atoms with Crippen molar-refractivity contribution in [2.75, 3.05) is 11.9 Å². The topological polar surface area (TPSA) is 54.0 Å². The normalized spacial score (nSPS) is 10.7. The molecule has 1 heterocycles. The molecule has 0 aliphatic rings. The third kappa shape index (κ3) is 4.43. The second kappa shape index (κ2) is 8.57. The zero-order chi connectivity index (χ0) is 20.1. The van der Waals surface area contributed by atoms with Gasteiger partial charge in [0.25, 0.3) is 5.91 Å². The van der Waals surface area contributed by atoms with Crippen LogP contribution < -0.4 is 10.6 Å². The van der Waals surface area contributed by atoms with Crippen LogP contribution in [0.3, 0.4) is 0 Å². The van der Waals surface area contributed by atoms with Crippen LogP contribution >= 0.6 is 0 Å². The van der Waals surface area contributed by atoms with Crippen molar-refractivity contribution in [1.82, 2.24) is 10.3 Å². The van der Waals surface area contributed by atoms with E-state index >= 15 is 0 Å². The van der Waals surface area contributed by atoms with Gasteiger partial charge in [-0.05, 0) is 42.7 Å². The van der Waals surface area contributed by atoms with E-state index in [1.165, 1.54) is 5.56 Å². The number of hydrogen-bond donors (Lipinski definition) is 2. The number of nitrogens with one attached hydrogen (secondary N) is 2. The number of hydrogen-bond acceptors (Lipinski definition) is 3. The summed E-state index contributed by atoms with van der Waals surface area (Å²) in [7, 11) is 0. The number of benzene rings is 3. The molecule has 0 atom stereocenters. The van der Waals surface area contributed by atoms with Crippen LogP contribution in [0.2, 0.25) is 0 Å². The first-order chi connectivity index (χ1) is 14.2. The molecule has 0 bridgehead atoms. The molecular formula is C25H23N3O. The third-order valence-electron chi connectivity index (χ3n) is 4.91. The maximum atomic E-state index is 13.0. The van der Waals surface area contributed by atoms with E-state index in [1.54, 1.807) is 0 Å². The first kappa shape index (κ1) is 18.7. The van der Waals surface area contributed by atoms with E-state index in [4.69, 9.17) is 4.98 Å². The number of para-hydroxylation sites is 2. The lowest BCUT2D eigenvalue weighted by molar-refractivity contribution is 0.0956. The molecule has 144 valence electrons. The molecule has 1 amide bonds. The lowest BCUT2D eigenvalue weighted by atomic mass is 10.1. The molecular weight excluding hydrogens is 358 g/mol. The fourth-order valence-corrected chi connectivity index (χ4v) is 3.34. The Hall–Kier alpha value is -3.66. The number of carbonyl (C=O) groups is 1. The van der Waals surface area contributed by atoms with Gasteiger partial charge in [0.15, 0.2) is 0 Å². The number of aryl methyl sites for hydroxylation is 1. The molecule has 0 spiro atoms. The molecule has 0 saturated heterocycles. The molecule has 29 heavy (non-hydrogen) atoms. The maximum absolute atomic E-state index is 13.0. The van der Waals surface area contributed by atoms with Crippen LogP contribution in [0.15, 0.2) is 84.9 Å². The van der Waals surface area contributed by atoms with Gasteiger partial charge >= 0.3 is 0 Å². The molecule has 4 heteroatoms. The Labute approximate surface area is 170 Å². The Morgan fingerprint density at radius 1 is 0.897 bits per heavy atom. The van der Waals surface area contributed by atoms with E-state index < -0.39 is 0 Å². The summed E-state index contributed by atoms with van der Waals surface area (Å²) in [6, 6.07) is 27.7. The Morgan fingerprint density at radius 2 is 1.62 bits per heavy atom. The summed E-state index contributed by atoms with van der Waals surface area (Å²) in [5.41, 5.74) is 4.72. The summed E-state index contributed by atoms with van der Waals surface area (Å²) in [5.74, 6) is 0.568. The number of pyridine rings is 1. The standard InChI is InChI=1S/C25H23N3O/c1-18-9-5-7-13-22(18)27-24-17-21(20-12-6-8-14-23(20)28-24)25(29)26-16-15-19-10-3-2-4-11-19/h2-14,17H,15-16H2,1H3,(H,26,29)(H,27,28). The molecule has 4 aromatic rings. The highest BCUT2D eigenvalue weighted by molar-refractivity contribution is 6.07. The van der Waals surface area contributed by atoms with Crippen LogP contribution in [-0.4, -0.2) is 17.4 Å². The van der Waals surface area contributed by atoms with E-state index in [-0.39, 0.29) is 5.91 Å². The first-order valence-electron chi connectivity index (χ1n) is 9.75. The SMILES string of the molecule is Cc1ccccc1Nc1cc(C(=O)NCCc2ccccc2)c2ccccc2n1. The van der Waals surface area contributed by atoms with Crippen molar-refractivity contribution in [3.05, 3.63) is 102 Å². The second-order valence-electron chi connectivity index (χ2n) is 7.00. The van der Waals surface area contributed by atoms with Gasteiger partial charge in [0.2, 0.25) is 0 Å². The lowest BCUT2D eigenvalue weighted by Crippen LogP contribution is -2.26.